The molecule has 0 aromatic carbocycles. The molecular formula is C10H13N3S. The van der Waals surface area contributed by atoms with E-state index >= 15 is 0 Å². The molecule has 0 amide bonds. The van der Waals surface area contributed by atoms with Crippen LogP contribution in [0, 0.1) is 0 Å². The standard InChI is InChI=1S/C10H13N3S/c1-10(2,11-3)9-13-7-5-4-6-12-8(7)14-9/h4-6,11H,1-3H3. The molecule has 3 nitrogen and oxygen atoms in total. The Morgan fingerprint density at radius 1 is 1.43 bits per heavy atom. The highest BCUT2D eigenvalue weighted by molar-refractivity contribution is 7.18. The maximum absolute atomic E-state index is 4.55. The largest absolute Gasteiger partial charge is 0.309 e. The van der Waals surface area contributed by atoms with Crippen molar-refractivity contribution in [2.45, 2.75) is 19.4 Å². The van der Waals surface area contributed by atoms with Crippen molar-refractivity contribution >= 4 is 21.7 Å². The number of nitrogens with zero attached hydrogens (tertiary/aromatic N) is 2. The molecule has 1 N–H and O–H groups in total. The minimum Gasteiger partial charge on any atom is -0.309 e. The molecule has 2 aromatic heterocycles. The third-order valence-corrected chi connectivity index (χ3v) is 3.63. The van der Waals surface area contributed by atoms with Crippen LogP contribution >= 0.6 is 11.3 Å². The van der Waals surface area contributed by atoms with Crippen molar-refractivity contribution in [3.63, 3.8) is 0 Å². The van der Waals surface area contributed by atoms with Crippen LogP contribution in [0.4, 0.5) is 0 Å². The molecule has 0 bridgehead atoms. The molecule has 0 spiro atoms. The van der Waals surface area contributed by atoms with Gasteiger partial charge in [0.1, 0.15) is 15.4 Å². The Hall–Kier alpha value is -1.00. The van der Waals surface area contributed by atoms with Crippen LogP contribution in [0.2, 0.25) is 0 Å². The minimum absolute atomic E-state index is 0.0780. The molecule has 0 aliphatic carbocycles. The molecule has 0 unspecified atom stereocenters. The predicted molar refractivity (Wildman–Crippen MR) is 59.5 cm³/mol. The maximum Gasteiger partial charge on any atom is 0.143 e. The van der Waals surface area contributed by atoms with Crippen LogP contribution in [-0.2, 0) is 5.54 Å². The van der Waals surface area contributed by atoms with E-state index in [1.54, 1.807) is 17.5 Å². The fourth-order valence-electron chi connectivity index (χ4n) is 1.14. The van der Waals surface area contributed by atoms with Crippen LogP contribution in [0.1, 0.15) is 18.9 Å². The third kappa shape index (κ3) is 1.51. The third-order valence-electron chi connectivity index (χ3n) is 2.33. The van der Waals surface area contributed by atoms with E-state index in [1.165, 1.54) is 0 Å². The average molecular weight is 207 g/mol. The summed E-state index contributed by atoms with van der Waals surface area (Å²) in [5.41, 5.74) is 0.904. The summed E-state index contributed by atoms with van der Waals surface area (Å²) in [6.45, 7) is 4.23. The lowest BCUT2D eigenvalue weighted by Crippen LogP contribution is -2.32. The highest BCUT2D eigenvalue weighted by atomic mass is 32.1. The van der Waals surface area contributed by atoms with E-state index in [2.05, 4.69) is 29.1 Å². The van der Waals surface area contributed by atoms with Gasteiger partial charge in [-0.3, -0.25) is 0 Å². The van der Waals surface area contributed by atoms with Gasteiger partial charge in [-0.15, -0.1) is 0 Å². The summed E-state index contributed by atoms with van der Waals surface area (Å²) in [6, 6.07) is 3.91. The van der Waals surface area contributed by atoms with E-state index in [0.717, 1.165) is 15.4 Å². The molecule has 0 saturated carbocycles. The highest BCUT2D eigenvalue weighted by Gasteiger charge is 2.22. The van der Waals surface area contributed by atoms with Crippen LogP contribution in [0.25, 0.3) is 10.3 Å². The van der Waals surface area contributed by atoms with E-state index in [0.29, 0.717) is 0 Å². The van der Waals surface area contributed by atoms with Gasteiger partial charge >= 0.3 is 0 Å². The quantitative estimate of drug-likeness (QED) is 0.820. The predicted octanol–water partition coefficient (Wildman–Crippen LogP) is 2.15. The molecule has 2 aromatic rings. The molecule has 2 heterocycles. The summed E-state index contributed by atoms with van der Waals surface area (Å²) >= 11 is 1.64. The van der Waals surface area contributed by atoms with Gasteiger partial charge in [0.15, 0.2) is 0 Å². The zero-order chi connectivity index (χ0) is 10.2. The molecule has 4 heteroatoms. The number of aromatic nitrogens is 2. The van der Waals surface area contributed by atoms with Gasteiger partial charge in [0, 0.05) is 6.20 Å². The van der Waals surface area contributed by atoms with Crippen molar-refractivity contribution in [1.82, 2.24) is 15.3 Å². The minimum atomic E-state index is -0.0780. The van der Waals surface area contributed by atoms with Crippen molar-refractivity contribution in [3.05, 3.63) is 23.3 Å². The second kappa shape index (κ2) is 3.29. The Morgan fingerprint density at radius 2 is 2.21 bits per heavy atom. The van der Waals surface area contributed by atoms with Gasteiger partial charge in [-0.1, -0.05) is 11.3 Å². The van der Waals surface area contributed by atoms with Crippen molar-refractivity contribution in [1.29, 1.82) is 0 Å². The first-order valence-corrected chi connectivity index (χ1v) is 5.36. The topological polar surface area (TPSA) is 37.8 Å². The molecule has 2 rings (SSSR count). The molecule has 0 radical (unpaired) electrons. The summed E-state index contributed by atoms with van der Waals surface area (Å²) in [6.07, 6.45) is 1.80. The smallest absolute Gasteiger partial charge is 0.143 e. The Morgan fingerprint density at radius 3 is 2.86 bits per heavy atom. The van der Waals surface area contributed by atoms with Crippen LogP contribution in [-0.4, -0.2) is 17.0 Å². The molecular weight excluding hydrogens is 194 g/mol. The van der Waals surface area contributed by atoms with Crippen LogP contribution in [0.5, 0.6) is 0 Å². The van der Waals surface area contributed by atoms with E-state index < -0.39 is 0 Å². The Kier molecular flexibility index (Phi) is 2.25. The van der Waals surface area contributed by atoms with Crippen molar-refractivity contribution in [3.8, 4) is 0 Å². The zero-order valence-corrected chi connectivity index (χ0v) is 9.35. The lowest BCUT2D eigenvalue weighted by atomic mass is 10.1. The summed E-state index contributed by atoms with van der Waals surface area (Å²) in [5.74, 6) is 0. The Labute approximate surface area is 87.2 Å². The second-order valence-electron chi connectivity index (χ2n) is 3.72. The van der Waals surface area contributed by atoms with E-state index in [-0.39, 0.29) is 5.54 Å². The van der Waals surface area contributed by atoms with Crippen LogP contribution in [0.15, 0.2) is 18.3 Å². The number of pyridine rings is 1. The molecule has 74 valence electrons. The summed E-state index contributed by atoms with van der Waals surface area (Å²) < 4.78 is 0. The first kappa shape index (κ1) is 9.55. The van der Waals surface area contributed by atoms with Gasteiger partial charge in [-0.05, 0) is 33.0 Å². The SMILES string of the molecule is CNC(C)(C)c1nc2cccnc2s1. The second-order valence-corrected chi connectivity index (χ2v) is 4.70. The highest BCUT2D eigenvalue weighted by Crippen LogP contribution is 2.27. The Bertz CT molecular complexity index is 414. The molecule has 0 saturated heterocycles. The lowest BCUT2D eigenvalue weighted by Gasteiger charge is -2.20. The average Bonchev–Trinajstić information content (AvgIpc) is 2.61. The molecule has 0 fully saturated rings. The zero-order valence-electron chi connectivity index (χ0n) is 8.53. The molecule has 0 aliphatic heterocycles. The number of hydrogen-bond donors (Lipinski definition) is 1. The fraction of sp³-hybridized carbons (Fsp3) is 0.400. The van der Waals surface area contributed by atoms with Gasteiger partial charge in [0.25, 0.3) is 0 Å². The molecule has 14 heavy (non-hydrogen) atoms. The lowest BCUT2D eigenvalue weighted by molar-refractivity contribution is 0.443. The number of thiazole rings is 1. The fourth-order valence-corrected chi connectivity index (χ4v) is 2.16. The number of hydrogen-bond acceptors (Lipinski definition) is 4. The maximum atomic E-state index is 4.55. The van der Waals surface area contributed by atoms with Gasteiger partial charge in [0.05, 0.1) is 5.54 Å². The first-order valence-electron chi connectivity index (χ1n) is 4.54. The van der Waals surface area contributed by atoms with Gasteiger partial charge < -0.3 is 5.32 Å². The van der Waals surface area contributed by atoms with Gasteiger partial charge in [0.2, 0.25) is 0 Å². The van der Waals surface area contributed by atoms with E-state index in [9.17, 15) is 0 Å². The van der Waals surface area contributed by atoms with Gasteiger partial charge in [-0.2, -0.15) is 0 Å². The Balaban J connectivity index is 2.55. The van der Waals surface area contributed by atoms with Crippen LogP contribution < -0.4 is 5.32 Å². The first-order chi connectivity index (χ1) is 6.63. The van der Waals surface area contributed by atoms with E-state index in [4.69, 9.17) is 0 Å². The molecule has 0 atom stereocenters. The molecule has 0 aliphatic rings. The van der Waals surface area contributed by atoms with Gasteiger partial charge in [-0.25, -0.2) is 9.97 Å². The van der Waals surface area contributed by atoms with E-state index in [1.807, 2.05) is 19.2 Å². The monoisotopic (exact) mass is 207 g/mol. The number of nitrogens with one attached hydrogen (secondary N) is 1. The normalized spacial score (nSPS) is 12.2. The van der Waals surface area contributed by atoms with Crippen molar-refractivity contribution in [2.24, 2.45) is 0 Å². The summed E-state index contributed by atoms with van der Waals surface area (Å²) in [5, 5.41) is 4.32. The van der Waals surface area contributed by atoms with Crippen LogP contribution in [0.3, 0.4) is 0 Å². The van der Waals surface area contributed by atoms with Crippen molar-refractivity contribution < 1.29 is 0 Å². The summed E-state index contributed by atoms with van der Waals surface area (Å²) in [4.78, 5) is 9.83. The number of rotatable bonds is 2. The number of fused-ring (bicyclic) bond motifs is 1. The summed E-state index contributed by atoms with van der Waals surface area (Å²) in [7, 11) is 1.94. The van der Waals surface area contributed by atoms with Crippen molar-refractivity contribution in [2.75, 3.05) is 7.05 Å².